The Morgan fingerprint density at radius 1 is 0.407 bits per heavy atom. The molecule has 2 aliphatic rings. The van der Waals surface area contributed by atoms with Crippen molar-refractivity contribution < 1.29 is 0 Å². The molecule has 1 nitrogen and oxygen atoms in total. The summed E-state index contributed by atoms with van der Waals surface area (Å²) in [6.45, 7) is 11.6. The molecule has 9 aromatic rings. The first-order valence-corrected chi connectivity index (χ1v) is 21.1. The molecule has 1 heteroatoms. The first-order valence-electron chi connectivity index (χ1n) is 21.1. The third kappa shape index (κ3) is 5.45. The van der Waals surface area contributed by atoms with Gasteiger partial charge in [0.25, 0.3) is 0 Å². The lowest BCUT2D eigenvalue weighted by Crippen LogP contribution is -2.36. The number of hydrogen-bond acceptors (Lipinski definition) is 1. The lowest BCUT2D eigenvalue weighted by Gasteiger charge is -2.46. The van der Waals surface area contributed by atoms with Gasteiger partial charge in [-0.05, 0) is 148 Å². The van der Waals surface area contributed by atoms with E-state index in [2.05, 4.69) is 228 Å². The van der Waals surface area contributed by atoms with Gasteiger partial charge in [-0.15, -0.1) is 0 Å². The molecule has 0 bridgehead atoms. The van der Waals surface area contributed by atoms with Crippen LogP contribution in [0.15, 0.2) is 188 Å². The molecule has 0 saturated carbocycles. The predicted octanol–water partition coefficient (Wildman–Crippen LogP) is 15.9. The Kier molecular flexibility index (Phi) is 7.91. The van der Waals surface area contributed by atoms with E-state index in [0.717, 1.165) is 0 Å². The van der Waals surface area contributed by atoms with Crippen LogP contribution in [-0.4, -0.2) is 0 Å². The van der Waals surface area contributed by atoms with Crippen LogP contribution in [-0.2, 0) is 10.8 Å². The first kappa shape index (κ1) is 35.5. The summed E-state index contributed by atoms with van der Waals surface area (Å²) in [5.41, 5.74) is 18.5. The van der Waals surface area contributed by atoms with E-state index >= 15 is 0 Å². The van der Waals surface area contributed by atoms with Crippen molar-refractivity contribution in [3.05, 3.63) is 221 Å². The number of nitrogens with zero attached hydrogens (tertiary/aromatic N) is 1. The molecule has 9 aromatic carbocycles. The van der Waals surface area contributed by atoms with Gasteiger partial charge >= 0.3 is 0 Å². The fourth-order valence-corrected chi connectivity index (χ4v) is 10.0. The highest BCUT2D eigenvalue weighted by Gasteiger charge is 2.52. The van der Waals surface area contributed by atoms with E-state index in [1.165, 1.54) is 105 Å². The van der Waals surface area contributed by atoms with Gasteiger partial charge in [0.1, 0.15) is 0 Å². The van der Waals surface area contributed by atoms with Gasteiger partial charge in [0.15, 0.2) is 0 Å². The average Bonchev–Trinajstić information content (AvgIpc) is 3.55. The largest absolute Gasteiger partial charge is 0.310 e. The molecule has 11 rings (SSSR count). The molecule has 0 atom stereocenters. The van der Waals surface area contributed by atoms with Gasteiger partial charge < -0.3 is 4.90 Å². The smallest absolute Gasteiger partial charge is 0.0754 e. The maximum absolute atomic E-state index is 2.55. The molecule has 0 unspecified atom stereocenters. The van der Waals surface area contributed by atoms with Crippen LogP contribution in [0.2, 0.25) is 0 Å². The molecule has 1 heterocycles. The molecule has 0 amide bonds. The molecule has 1 aliphatic heterocycles. The molecule has 284 valence electrons. The van der Waals surface area contributed by atoms with Gasteiger partial charge in [0, 0.05) is 5.69 Å². The van der Waals surface area contributed by atoms with Crippen LogP contribution in [0.3, 0.4) is 0 Å². The third-order valence-electron chi connectivity index (χ3n) is 13.2. The second-order valence-electron chi connectivity index (χ2n) is 18.0. The van der Waals surface area contributed by atoms with Gasteiger partial charge in [-0.2, -0.15) is 0 Å². The van der Waals surface area contributed by atoms with Crippen LogP contribution >= 0.6 is 0 Å². The normalized spacial score (nSPS) is 13.8. The highest BCUT2D eigenvalue weighted by Crippen LogP contribution is 2.64. The zero-order chi connectivity index (χ0) is 40.0. The zero-order valence-electron chi connectivity index (χ0n) is 34.4. The monoisotopic (exact) mass is 757 g/mol. The summed E-state index contributed by atoms with van der Waals surface area (Å²) in [7, 11) is 0. The van der Waals surface area contributed by atoms with E-state index in [4.69, 9.17) is 0 Å². The SMILES string of the molecule is CC(C)c1ccc(N2c3ccccc3C3(c4cc(-c5ccc6ccccc6c5)ccc4-c4ccc(-c5ccc6ccccc6c5)cc43)c3cc(C(C)(C)C)ccc32)cc1. The molecule has 0 saturated heterocycles. The standard InChI is InChI=1S/C58H47N/c1-37(2)38-22-27-48(28-23-38)59-55-17-11-10-16-51(55)58(54-36-47(57(3,4)5)26-31-56(54)59)52-34-45(43-20-18-39-12-6-8-14-41(39)32-43)24-29-49(52)50-30-25-46(35-53(50)58)44-21-19-40-13-7-9-15-42(40)33-44/h6-37H,1-5H3. The highest BCUT2D eigenvalue weighted by molar-refractivity contribution is 5.98. The summed E-state index contributed by atoms with van der Waals surface area (Å²) >= 11 is 0. The quantitative estimate of drug-likeness (QED) is 0.173. The minimum absolute atomic E-state index is 0.0545. The fraction of sp³-hybridized carbons (Fsp3) is 0.138. The van der Waals surface area contributed by atoms with Gasteiger partial charge in [-0.1, -0.05) is 174 Å². The van der Waals surface area contributed by atoms with Crippen molar-refractivity contribution in [3.8, 4) is 33.4 Å². The lowest BCUT2D eigenvalue weighted by atomic mass is 9.63. The Morgan fingerprint density at radius 2 is 0.898 bits per heavy atom. The van der Waals surface area contributed by atoms with Crippen LogP contribution in [0, 0.1) is 0 Å². The average molecular weight is 758 g/mol. The van der Waals surface area contributed by atoms with Gasteiger partial charge in [0.2, 0.25) is 0 Å². The van der Waals surface area contributed by atoms with Crippen LogP contribution in [0.4, 0.5) is 17.1 Å². The van der Waals surface area contributed by atoms with Crippen LogP contribution < -0.4 is 4.90 Å². The second-order valence-corrected chi connectivity index (χ2v) is 18.0. The Hall–Kier alpha value is -6.70. The summed E-state index contributed by atoms with van der Waals surface area (Å²) in [6.07, 6.45) is 0. The molecule has 0 aromatic heterocycles. The summed E-state index contributed by atoms with van der Waals surface area (Å²) in [4.78, 5) is 2.52. The van der Waals surface area contributed by atoms with E-state index in [1.807, 2.05) is 0 Å². The Morgan fingerprint density at radius 3 is 1.46 bits per heavy atom. The fourth-order valence-electron chi connectivity index (χ4n) is 10.0. The van der Waals surface area contributed by atoms with E-state index in [9.17, 15) is 0 Å². The summed E-state index contributed by atoms with van der Waals surface area (Å²) in [6, 6.07) is 71.5. The van der Waals surface area contributed by atoms with Crippen molar-refractivity contribution in [2.24, 2.45) is 0 Å². The summed E-state index contributed by atoms with van der Waals surface area (Å²) in [5.74, 6) is 0.461. The molecule has 0 N–H and O–H groups in total. The number of rotatable bonds is 4. The summed E-state index contributed by atoms with van der Waals surface area (Å²) in [5, 5.41) is 5.03. The third-order valence-corrected chi connectivity index (χ3v) is 13.2. The van der Waals surface area contributed by atoms with Crippen molar-refractivity contribution in [2.75, 3.05) is 4.90 Å². The van der Waals surface area contributed by atoms with Crippen LogP contribution in [0.5, 0.6) is 0 Å². The number of fused-ring (bicyclic) bond motifs is 11. The van der Waals surface area contributed by atoms with Gasteiger partial charge in [-0.3, -0.25) is 0 Å². The zero-order valence-corrected chi connectivity index (χ0v) is 34.4. The van der Waals surface area contributed by atoms with Gasteiger partial charge in [0.05, 0.1) is 16.8 Å². The number of para-hydroxylation sites is 1. The van der Waals surface area contributed by atoms with Crippen molar-refractivity contribution in [1.82, 2.24) is 0 Å². The maximum Gasteiger partial charge on any atom is 0.0754 e. The minimum Gasteiger partial charge on any atom is -0.310 e. The minimum atomic E-state index is -0.591. The molecule has 0 fully saturated rings. The van der Waals surface area contributed by atoms with Crippen molar-refractivity contribution >= 4 is 38.6 Å². The maximum atomic E-state index is 2.55. The molecular formula is C58H47N. The first-order chi connectivity index (χ1) is 28.7. The van der Waals surface area contributed by atoms with Crippen LogP contribution in [0.1, 0.15) is 73.9 Å². The molecule has 1 spiro atoms. The molecule has 1 aliphatic carbocycles. The Balaban J connectivity index is 1.24. The number of anilines is 3. The highest BCUT2D eigenvalue weighted by atomic mass is 15.2. The van der Waals surface area contributed by atoms with Crippen molar-refractivity contribution in [3.63, 3.8) is 0 Å². The number of benzene rings is 9. The van der Waals surface area contributed by atoms with E-state index in [0.29, 0.717) is 5.92 Å². The molecule has 59 heavy (non-hydrogen) atoms. The van der Waals surface area contributed by atoms with E-state index < -0.39 is 5.41 Å². The Bertz CT molecular complexity index is 2990. The Labute approximate surface area is 348 Å². The molecule has 0 radical (unpaired) electrons. The van der Waals surface area contributed by atoms with Crippen molar-refractivity contribution in [1.29, 1.82) is 0 Å². The molecular weight excluding hydrogens is 711 g/mol. The second kappa shape index (κ2) is 13.2. The van der Waals surface area contributed by atoms with Crippen LogP contribution in [0.25, 0.3) is 54.9 Å². The topological polar surface area (TPSA) is 3.24 Å². The van der Waals surface area contributed by atoms with Crippen molar-refractivity contribution in [2.45, 2.75) is 51.4 Å². The number of hydrogen-bond donors (Lipinski definition) is 0. The predicted molar refractivity (Wildman–Crippen MR) is 251 cm³/mol. The summed E-state index contributed by atoms with van der Waals surface area (Å²) < 4.78 is 0. The lowest BCUT2D eigenvalue weighted by molar-refractivity contribution is 0.587. The van der Waals surface area contributed by atoms with E-state index in [-0.39, 0.29) is 5.41 Å². The van der Waals surface area contributed by atoms with Gasteiger partial charge in [-0.25, -0.2) is 0 Å². The van der Waals surface area contributed by atoms with E-state index in [1.54, 1.807) is 0 Å².